The van der Waals surface area contributed by atoms with Crippen LogP contribution in [0, 0.1) is 12.7 Å². The Bertz CT molecular complexity index is 656. The number of anilines is 1. The first-order valence-electron chi connectivity index (χ1n) is 5.98. The predicted molar refractivity (Wildman–Crippen MR) is 73.3 cm³/mol. The fraction of sp³-hybridized carbons (Fsp3) is 0.133. The van der Waals surface area contributed by atoms with E-state index in [9.17, 15) is 9.18 Å². The molecule has 0 heterocycles. The summed E-state index contributed by atoms with van der Waals surface area (Å²) in [6.45, 7) is 1.91. The summed E-state index contributed by atoms with van der Waals surface area (Å²) in [6.07, 6.45) is 0. The smallest absolute Gasteiger partial charge is 0.339 e. The molecule has 0 radical (unpaired) electrons. The predicted octanol–water partition coefficient (Wildman–Crippen LogP) is 2.99. The van der Waals surface area contributed by atoms with E-state index in [1.54, 1.807) is 13.0 Å². The molecule has 0 saturated heterocycles. The zero-order chi connectivity index (χ0) is 14.7. The van der Waals surface area contributed by atoms with Crippen LogP contribution in [0.4, 0.5) is 10.1 Å². The van der Waals surface area contributed by atoms with E-state index < -0.39 is 5.97 Å². The van der Waals surface area contributed by atoms with E-state index in [4.69, 9.17) is 15.6 Å². The van der Waals surface area contributed by atoms with Crippen molar-refractivity contribution in [1.29, 1.82) is 0 Å². The number of carboxylic acids is 1. The fourth-order valence-electron chi connectivity index (χ4n) is 1.81. The van der Waals surface area contributed by atoms with Crippen molar-refractivity contribution in [3.63, 3.8) is 0 Å². The van der Waals surface area contributed by atoms with Crippen molar-refractivity contribution in [2.24, 2.45) is 0 Å². The number of benzene rings is 2. The third-order valence-electron chi connectivity index (χ3n) is 2.92. The fourth-order valence-corrected chi connectivity index (χ4v) is 1.81. The van der Waals surface area contributed by atoms with Crippen LogP contribution in [-0.4, -0.2) is 11.1 Å². The first kappa shape index (κ1) is 13.9. The van der Waals surface area contributed by atoms with Crippen molar-refractivity contribution in [1.82, 2.24) is 0 Å². The molecule has 3 N–H and O–H groups in total. The Kier molecular flexibility index (Phi) is 3.89. The summed E-state index contributed by atoms with van der Waals surface area (Å²) < 4.78 is 18.5. The van der Waals surface area contributed by atoms with Gasteiger partial charge in [-0.3, -0.25) is 0 Å². The molecule has 0 aliphatic heterocycles. The zero-order valence-corrected chi connectivity index (χ0v) is 10.9. The zero-order valence-electron chi connectivity index (χ0n) is 10.9. The van der Waals surface area contributed by atoms with Gasteiger partial charge in [0.15, 0.2) is 0 Å². The van der Waals surface area contributed by atoms with Crippen LogP contribution in [0.5, 0.6) is 5.75 Å². The van der Waals surface area contributed by atoms with Crippen LogP contribution in [-0.2, 0) is 6.61 Å². The number of rotatable bonds is 4. The normalized spacial score (nSPS) is 10.3. The lowest BCUT2D eigenvalue weighted by atomic mass is 10.1. The maximum atomic E-state index is 13.0. The van der Waals surface area contributed by atoms with Crippen molar-refractivity contribution in [2.45, 2.75) is 13.5 Å². The summed E-state index contributed by atoms with van der Waals surface area (Å²) in [5.74, 6) is -1.21. The second kappa shape index (κ2) is 5.61. The number of ether oxygens (including phenoxy) is 1. The number of nitrogen functional groups attached to an aromatic ring is 1. The number of aromatic carboxylic acids is 1. The molecule has 0 amide bonds. The summed E-state index contributed by atoms with van der Waals surface area (Å²) in [7, 11) is 0. The van der Waals surface area contributed by atoms with Crippen LogP contribution in [0.25, 0.3) is 0 Å². The average Bonchev–Trinajstić information content (AvgIpc) is 2.37. The highest BCUT2D eigenvalue weighted by molar-refractivity contribution is 5.91. The summed E-state index contributed by atoms with van der Waals surface area (Å²) in [4.78, 5) is 11.1. The topological polar surface area (TPSA) is 72.5 Å². The van der Waals surface area contributed by atoms with Crippen LogP contribution in [0.15, 0.2) is 36.4 Å². The molecular formula is C15H14FNO3. The summed E-state index contributed by atoms with van der Waals surface area (Å²) in [5.41, 5.74) is 7.61. The molecule has 2 aromatic rings. The van der Waals surface area contributed by atoms with Gasteiger partial charge in [-0.2, -0.15) is 0 Å². The van der Waals surface area contributed by atoms with Gasteiger partial charge in [0.25, 0.3) is 0 Å². The van der Waals surface area contributed by atoms with Crippen LogP contribution in [0.3, 0.4) is 0 Å². The molecule has 20 heavy (non-hydrogen) atoms. The van der Waals surface area contributed by atoms with Gasteiger partial charge in [0.05, 0.1) is 0 Å². The molecular weight excluding hydrogens is 261 g/mol. The maximum Gasteiger partial charge on any atom is 0.339 e. The lowest BCUT2D eigenvalue weighted by Gasteiger charge is -2.11. The number of carboxylic acid groups (broad SMARTS) is 1. The number of halogens is 1. The monoisotopic (exact) mass is 275 g/mol. The number of hydrogen-bond donors (Lipinski definition) is 2. The van der Waals surface area contributed by atoms with E-state index in [1.807, 2.05) is 0 Å². The van der Waals surface area contributed by atoms with Gasteiger partial charge in [0, 0.05) is 11.8 Å². The SMILES string of the molecule is Cc1cc(F)ccc1COc1cc(N)ccc1C(=O)O. The summed E-state index contributed by atoms with van der Waals surface area (Å²) in [6, 6.07) is 8.70. The number of nitrogens with two attached hydrogens (primary N) is 1. The highest BCUT2D eigenvalue weighted by atomic mass is 19.1. The minimum atomic E-state index is -1.09. The minimum absolute atomic E-state index is 0.0407. The van der Waals surface area contributed by atoms with Crippen LogP contribution < -0.4 is 10.5 Å². The van der Waals surface area contributed by atoms with E-state index in [2.05, 4.69) is 0 Å². The second-order valence-electron chi connectivity index (χ2n) is 4.42. The first-order chi connectivity index (χ1) is 9.47. The Morgan fingerprint density at radius 2 is 2.05 bits per heavy atom. The molecule has 0 aromatic heterocycles. The van der Waals surface area contributed by atoms with Crippen molar-refractivity contribution in [3.8, 4) is 5.75 Å². The lowest BCUT2D eigenvalue weighted by Crippen LogP contribution is -2.05. The molecule has 0 atom stereocenters. The Hall–Kier alpha value is -2.56. The largest absolute Gasteiger partial charge is 0.488 e. The Labute approximate surface area is 115 Å². The molecule has 0 fully saturated rings. The quantitative estimate of drug-likeness (QED) is 0.841. The highest BCUT2D eigenvalue weighted by Crippen LogP contribution is 2.23. The molecule has 2 aromatic carbocycles. The van der Waals surface area contributed by atoms with Gasteiger partial charge >= 0.3 is 5.97 Å². The maximum absolute atomic E-state index is 13.0. The van der Waals surface area contributed by atoms with Crippen molar-refractivity contribution in [2.75, 3.05) is 5.73 Å². The van der Waals surface area contributed by atoms with Crippen molar-refractivity contribution >= 4 is 11.7 Å². The van der Waals surface area contributed by atoms with Crippen molar-refractivity contribution in [3.05, 3.63) is 58.9 Å². The number of carbonyl (C=O) groups is 1. The lowest BCUT2D eigenvalue weighted by molar-refractivity contribution is 0.0692. The van der Waals surface area contributed by atoms with E-state index >= 15 is 0 Å². The van der Waals surface area contributed by atoms with E-state index in [1.165, 1.54) is 30.3 Å². The number of hydrogen-bond acceptors (Lipinski definition) is 3. The molecule has 5 heteroatoms. The van der Waals surface area contributed by atoms with Gasteiger partial charge in [-0.05, 0) is 42.3 Å². The Morgan fingerprint density at radius 3 is 2.70 bits per heavy atom. The molecule has 104 valence electrons. The number of aryl methyl sites for hydroxylation is 1. The molecule has 0 aliphatic carbocycles. The second-order valence-corrected chi connectivity index (χ2v) is 4.42. The summed E-state index contributed by atoms with van der Waals surface area (Å²) >= 11 is 0. The Morgan fingerprint density at radius 1 is 1.30 bits per heavy atom. The third kappa shape index (κ3) is 3.06. The van der Waals surface area contributed by atoms with E-state index in [-0.39, 0.29) is 23.7 Å². The van der Waals surface area contributed by atoms with Gasteiger partial charge in [0.1, 0.15) is 23.7 Å². The molecule has 4 nitrogen and oxygen atoms in total. The molecule has 0 spiro atoms. The van der Waals surface area contributed by atoms with Gasteiger partial charge < -0.3 is 15.6 Å². The van der Waals surface area contributed by atoms with E-state index in [0.29, 0.717) is 5.69 Å². The van der Waals surface area contributed by atoms with Gasteiger partial charge in [-0.1, -0.05) is 6.07 Å². The van der Waals surface area contributed by atoms with Gasteiger partial charge in [-0.15, -0.1) is 0 Å². The molecule has 2 rings (SSSR count). The third-order valence-corrected chi connectivity index (χ3v) is 2.92. The van der Waals surface area contributed by atoms with Gasteiger partial charge in [-0.25, -0.2) is 9.18 Å². The van der Waals surface area contributed by atoms with Crippen LogP contribution in [0.1, 0.15) is 21.5 Å². The Balaban J connectivity index is 2.22. The molecule has 0 bridgehead atoms. The summed E-state index contributed by atoms with van der Waals surface area (Å²) in [5, 5.41) is 9.07. The van der Waals surface area contributed by atoms with Crippen molar-refractivity contribution < 1.29 is 19.0 Å². The van der Waals surface area contributed by atoms with Crippen LogP contribution in [0.2, 0.25) is 0 Å². The minimum Gasteiger partial charge on any atom is -0.488 e. The van der Waals surface area contributed by atoms with E-state index in [0.717, 1.165) is 11.1 Å². The molecule has 0 unspecified atom stereocenters. The van der Waals surface area contributed by atoms with Gasteiger partial charge in [0.2, 0.25) is 0 Å². The van der Waals surface area contributed by atoms with Crippen LogP contribution >= 0.6 is 0 Å². The standard InChI is InChI=1S/C15H14FNO3/c1-9-6-11(16)3-2-10(9)8-20-14-7-12(17)4-5-13(14)15(18)19/h2-7H,8,17H2,1H3,(H,18,19). The first-order valence-corrected chi connectivity index (χ1v) is 5.98. The molecule has 0 saturated carbocycles. The average molecular weight is 275 g/mol. The highest BCUT2D eigenvalue weighted by Gasteiger charge is 2.12. The molecule has 0 aliphatic rings.